The highest BCUT2D eigenvalue weighted by molar-refractivity contribution is 7.99. The van der Waals surface area contributed by atoms with E-state index in [4.69, 9.17) is 5.11 Å². The molecular formula is C14H19N3O3S. The van der Waals surface area contributed by atoms with Crippen molar-refractivity contribution in [1.29, 1.82) is 0 Å². The molecule has 6 nitrogen and oxygen atoms in total. The lowest BCUT2D eigenvalue weighted by Gasteiger charge is -2.14. The number of carboxylic acid groups (broad SMARTS) is 1. The van der Waals surface area contributed by atoms with Crippen molar-refractivity contribution in [3.63, 3.8) is 0 Å². The summed E-state index contributed by atoms with van der Waals surface area (Å²) >= 11 is 1.38. The van der Waals surface area contributed by atoms with Gasteiger partial charge in [0.05, 0.1) is 0 Å². The van der Waals surface area contributed by atoms with Crippen LogP contribution in [0.5, 0.6) is 0 Å². The first-order valence-corrected chi connectivity index (χ1v) is 8.02. The summed E-state index contributed by atoms with van der Waals surface area (Å²) in [5, 5.41) is 12.4. The van der Waals surface area contributed by atoms with E-state index in [0.29, 0.717) is 0 Å². The molecule has 0 bridgehead atoms. The summed E-state index contributed by atoms with van der Waals surface area (Å²) in [6, 6.07) is -0.899. The van der Waals surface area contributed by atoms with Crippen LogP contribution >= 0.6 is 11.8 Å². The molecule has 0 saturated heterocycles. The van der Waals surface area contributed by atoms with Gasteiger partial charge in [-0.3, -0.25) is 4.79 Å². The maximum absolute atomic E-state index is 11.1. The van der Waals surface area contributed by atoms with Crippen LogP contribution in [0.2, 0.25) is 0 Å². The number of carbonyl (C=O) groups excluding carboxylic acids is 1. The molecule has 21 heavy (non-hydrogen) atoms. The Labute approximate surface area is 127 Å². The summed E-state index contributed by atoms with van der Waals surface area (Å²) < 4.78 is 0. The number of nitrogens with one attached hydrogen (secondary N) is 1. The van der Waals surface area contributed by atoms with E-state index in [1.54, 1.807) is 6.33 Å². The third-order valence-corrected chi connectivity index (χ3v) is 4.52. The molecule has 1 aromatic heterocycles. The minimum Gasteiger partial charge on any atom is -0.480 e. The van der Waals surface area contributed by atoms with Crippen LogP contribution < -0.4 is 5.32 Å². The Morgan fingerprint density at radius 2 is 2.10 bits per heavy atom. The third kappa shape index (κ3) is 4.42. The first kappa shape index (κ1) is 15.8. The van der Waals surface area contributed by atoms with Crippen LogP contribution in [0.25, 0.3) is 0 Å². The van der Waals surface area contributed by atoms with Crippen LogP contribution in [0.1, 0.15) is 37.4 Å². The highest BCUT2D eigenvalue weighted by Crippen LogP contribution is 2.27. The number of aromatic nitrogens is 2. The van der Waals surface area contributed by atoms with Crippen molar-refractivity contribution >= 4 is 23.6 Å². The molecule has 7 heteroatoms. The van der Waals surface area contributed by atoms with E-state index in [1.807, 2.05) is 0 Å². The minimum absolute atomic E-state index is 0.262. The fourth-order valence-corrected chi connectivity index (χ4v) is 3.44. The summed E-state index contributed by atoms with van der Waals surface area (Å²) in [5.41, 5.74) is 2.23. The average Bonchev–Trinajstić information content (AvgIpc) is 2.68. The van der Waals surface area contributed by atoms with Crippen molar-refractivity contribution in [2.75, 3.05) is 5.75 Å². The van der Waals surface area contributed by atoms with E-state index >= 15 is 0 Å². The summed E-state index contributed by atoms with van der Waals surface area (Å²) in [4.78, 5) is 30.8. The Kier molecular flexibility index (Phi) is 5.55. The number of amides is 1. The van der Waals surface area contributed by atoms with Gasteiger partial charge in [-0.15, -0.1) is 11.8 Å². The van der Waals surface area contributed by atoms with E-state index in [1.165, 1.54) is 25.1 Å². The van der Waals surface area contributed by atoms with Crippen molar-refractivity contribution in [3.05, 3.63) is 17.6 Å². The Hall–Kier alpha value is -1.63. The van der Waals surface area contributed by atoms with Gasteiger partial charge in [-0.2, -0.15) is 0 Å². The molecule has 1 aromatic rings. The molecule has 0 fully saturated rings. The fraction of sp³-hybridized carbons (Fsp3) is 0.571. The maximum Gasteiger partial charge on any atom is 0.327 e. The first-order chi connectivity index (χ1) is 10.1. The lowest BCUT2D eigenvalue weighted by Crippen LogP contribution is -2.41. The van der Waals surface area contributed by atoms with Crippen molar-refractivity contribution < 1.29 is 14.7 Å². The molecule has 1 heterocycles. The Morgan fingerprint density at radius 3 is 2.81 bits per heavy atom. The number of aliphatic carboxylic acids is 1. The molecule has 1 aliphatic carbocycles. The maximum atomic E-state index is 11.1. The summed E-state index contributed by atoms with van der Waals surface area (Å²) in [6.07, 6.45) is 6.88. The lowest BCUT2D eigenvalue weighted by molar-refractivity contribution is -0.140. The predicted molar refractivity (Wildman–Crippen MR) is 79.3 cm³/mol. The fourth-order valence-electron chi connectivity index (χ4n) is 2.37. The van der Waals surface area contributed by atoms with E-state index < -0.39 is 12.0 Å². The molecule has 114 valence electrons. The average molecular weight is 309 g/mol. The number of nitrogens with zero attached hydrogens (tertiary/aromatic N) is 2. The zero-order valence-corrected chi connectivity index (χ0v) is 12.8. The number of rotatable bonds is 5. The number of hydrogen-bond donors (Lipinski definition) is 2. The highest BCUT2D eigenvalue weighted by Gasteiger charge is 2.21. The van der Waals surface area contributed by atoms with Gasteiger partial charge in [0.25, 0.3) is 0 Å². The Balaban J connectivity index is 2.08. The summed E-state index contributed by atoms with van der Waals surface area (Å²) in [6.45, 7) is 1.32. The molecule has 2 rings (SSSR count). The summed E-state index contributed by atoms with van der Waals surface area (Å²) in [5.74, 6) is -1.11. The zero-order chi connectivity index (χ0) is 15.2. The number of carbonyl (C=O) groups is 2. The lowest BCUT2D eigenvalue weighted by atomic mass is 10.1. The van der Waals surface area contributed by atoms with Crippen molar-refractivity contribution in [1.82, 2.24) is 15.3 Å². The first-order valence-electron chi connectivity index (χ1n) is 7.03. The van der Waals surface area contributed by atoms with Gasteiger partial charge in [0.1, 0.15) is 17.4 Å². The third-order valence-electron chi connectivity index (χ3n) is 3.40. The second-order valence-electron chi connectivity index (χ2n) is 5.07. The molecule has 1 atom stereocenters. The van der Waals surface area contributed by atoms with E-state index in [0.717, 1.165) is 42.0 Å². The van der Waals surface area contributed by atoms with Crippen LogP contribution in [-0.4, -0.2) is 38.7 Å². The van der Waals surface area contributed by atoms with Crippen molar-refractivity contribution in [2.45, 2.75) is 50.1 Å². The van der Waals surface area contributed by atoms with Gasteiger partial charge < -0.3 is 10.4 Å². The standard InChI is InChI=1S/C14H19N3O3S/c1-9(18)17-12(14(19)20)7-21-13-10-5-3-2-4-6-11(10)15-8-16-13/h8,12H,2-7H2,1H3,(H,17,18)(H,19,20). The molecule has 0 radical (unpaired) electrons. The van der Waals surface area contributed by atoms with Gasteiger partial charge in [-0.1, -0.05) is 6.42 Å². The second-order valence-corrected chi connectivity index (χ2v) is 6.08. The van der Waals surface area contributed by atoms with Gasteiger partial charge in [0.2, 0.25) is 5.91 Å². The quantitative estimate of drug-likeness (QED) is 0.485. The van der Waals surface area contributed by atoms with E-state index in [-0.39, 0.29) is 11.7 Å². The van der Waals surface area contributed by atoms with Gasteiger partial charge in [0.15, 0.2) is 0 Å². The van der Waals surface area contributed by atoms with Crippen molar-refractivity contribution in [2.24, 2.45) is 0 Å². The molecule has 0 spiro atoms. The number of thioether (sulfide) groups is 1. The van der Waals surface area contributed by atoms with Crippen LogP contribution in [0.15, 0.2) is 11.4 Å². The van der Waals surface area contributed by atoms with E-state index in [2.05, 4.69) is 15.3 Å². The highest BCUT2D eigenvalue weighted by atomic mass is 32.2. The second kappa shape index (κ2) is 7.40. The molecule has 1 unspecified atom stereocenters. The molecule has 1 amide bonds. The van der Waals surface area contributed by atoms with Crippen LogP contribution in [0.4, 0.5) is 0 Å². The topological polar surface area (TPSA) is 92.2 Å². The monoisotopic (exact) mass is 309 g/mol. The number of carboxylic acids is 1. The minimum atomic E-state index is -1.03. The Bertz CT molecular complexity index is 536. The van der Waals surface area contributed by atoms with Gasteiger partial charge in [0, 0.05) is 23.9 Å². The number of aryl methyl sites for hydroxylation is 1. The Morgan fingerprint density at radius 1 is 1.33 bits per heavy atom. The van der Waals surface area contributed by atoms with Crippen LogP contribution in [0, 0.1) is 0 Å². The molecular weight excluding hydrogens is 290 g/mol. The molecule has 1 aliphatic rings. The molecule has 0 saturated carbocycles. The molecule has 0 aliphatic heterocycles. The van der Waals surface area contributed by atoms with Crippen LogP contribution in [-0.2, 0) is 22.4 Å². The van der Waals surface area contributed by atoms with Gasteiger partial charge >= 0.3 is 5.97 Å². The number of hydrogen-bond acceptors (Lipinski definition) is 5. The number of fused-ring (bicyclic) bond motifs is 1. The largest absolute Gasteiger partial charge is 0.480 e. The smallest absolute Gasteiger partial charge is 0.327 e. The zero-order valence-electron chi connectivity index (χ0n) is 12.0. The SMILES string of the molecule is CC(=O)NC(CSc1ncnc2c1CCCCC2)C(=O)O. The van der Waals surface area contributed by atoms with Gasteiger partial charge in [-0.25, -0.2) is 14.8 Å². The molecule has 2 N–H and O–H groups in total. The predicted octanol–water partition coefficient (Wildman–Crippen LogP) is 1.43. The van der Waals surface area contributed by atoms with Gasteiger partial charge in [-0.05, 0) is 25.7 Å². The van der Waals surface area contributed by atoms with E-state index in [9.17, 15) is 9.59 Å². The van der Waals surface area contributed by atoms with Crippen LogP contribution in [0.3, 0.4) is 0 Å². The summed E-state index contributed by atoms with van der Waals surface area (Å²) in [7, 11) is 0. The normalized spacial score (nSPS) is 15.7. The molecule has 0 aromatic carbocycles. The van der Waals surface area contributed by atoms with Crippen molar-refractivity contribution in [3.8, 4) is 0 Å².